The zero-order chi connectivity index (χ0) is 7.03. The van der Waals surface area contributed by atoms with E-state index in [1.54, 1.807) is 0 Å². The van der Waals surface area contributed by atoms with Crippen LogP contribution in [0.4, 0.5) is 4.39 Å². The van der Waals surface area contributed by atoms with E-state index in [4.69, 9.17) is 0 Å². The molecule has 3 fully saturated rings. The van der Waals surface area contributed by atoms with Crippen molar-refractivity contribution in [2.24, 2.45) is 0 Å². The average Bonchev–Trinajstić information content (AvgIpc) is 2.19. The van der Waals surface area contributed by atoms with Gasteiger partial charge in [-0.25, -0.2) is 4.39 Å². The highest BCUT2D eigenvalue weighted by atomic mass is 19.1. The lowest BCUT2D eigenvalue weighted by Crippen LogP contribution is -2.37. The third-order valence-corrected chi connectivity index (χ3v) is 2.85. The van der Waals surface area contributed by atoms with Crippen LogP contribution in [0, 0.1) is 0 Å². The normalized spacial score (nSPS) is 47.1. The highest BCUT2D eigenvalue weighted by Gasteiger charge is 2.36. The molecule has 3 saturated heterocycles. The minimum atomic E-state index is -0.771. The quantitative estimate of drug-likeness (QED) is 0.497. The van der Waals surface area contributed by atoms with Gasteiger partial charge in [-0.2, -0.15) is 0 Å². The number of hydrogen-bond acceptors (Lipinski definition) is 1. The van der Waals surface area contributed by atoms with E-state index in [0.29, 0.717) is 0 Å². The second-order valence-electron chi connectivity index (χ2n) is 3.60. The molecule has 0 atom stereocenters. The number of fused-ring (bicyclic) bond motifs is 4. The first-order chi connectivity index (χ1) is 4.79. The molecule has 0 radical (unpaired) electrons. The van der Waals surface area contributed by atoms with E-state index < -0.39 is 5.67 Å². The van der Waals surface area contributed by atoms with Crippen molar-refractivity contribution in [2.75, 3.05) is 19.6 Å². The van der Waals surface area contributed by atoms with Gasteiger partial charge in [-0.3, -0.25) is 0 Å². The Bertz CT molecular complexity index is 122. The van der Waals surface area contributed by atoms with Gasteiger partial charge in [-0.15, -0.1) is 0 Å². The van der Waals surface area contributed by atoms with Crippen molar-refractivity contribution < 1.29 is 4.39 Å². The smallest absolute Gasteiger partial charge is 0.113 e. The standard InChI is InChI=1S/C8H14FN/c9-8-2-1-5-10(6-3-8)7-4-8/h1-7H2. The van der Waals surface area contributed by atoms with Crippen LogP contribution in [0.25, 0.3) is 0 Å². The van der Waals surface area contributed by atoms with E-state index in [9.17, 15) is 4.39 Å². The molecule has 10 heavy (non-hydrogen) atoms. The molecule has 0 aromatic heterocycles. The fourth-order valence-electron chi connectivity index (χ4n) is 2.05. The van der Waals surface area contributed by atoms with Gasteiger partial charge < -0.3 is 4.90 Å². The molecule has 0 aromatic rings. The van der Waals surface area contributed by atoms with Gasteiger partial charge >= 0.3 is 0 Å². The molecule has 3 aliphatic rings. The Labute approximate surface area is 61.2 Å². The molecule has 3 rings (SSSR count). The molecule has 0 unspecified atom stereocenters. The summed E-state index contributed by atoms with van der Waals surface area (Å²) < 4.78 is 13.6. The molecule has 2 heteroatoms. The van der Waals surface area contributed by atoms with Gasteiger partial charge in [0.1, 0.15) is 5.67 Å². The van der Waals surface area contributed by atoms with E-state index >= 15 is 0 Å². The summed E-state index contributed by atoms with van der Waals surface area (Å²) in [4.78, 5) is 2.38. The van der Waals surface area contributed by atoms with Gasteiger partial charge in [-0.1, -0.05) is 0 Å². The van der Waals surface area contributed by atoms with Crippen molar-refractivity contribution in [3.8, 4) is 0 Å². The maximum atomic E-state index is 13.6. The van der Waals surface area contributed by atoms with Gasteiger partial charge in [-0.05, 0) is 32.2 Å². The fourth-order valence-corrected chi connectivity index (χ4v) is 2.05. The van der Waals surface area contributed by atoms with Crippen LogP contribution in [0.15, 0.2) is 0 Å². The number of piperidine rings is 1. The predicted molar refractivity (Wildman–Crippen MR) is 38.7 cm³/mol. The molecule has 0 amide bonds. The van der Waals surface area contributed by atoms with Crippen molar-refractivity contribution in [1.29, 1.82) is 0 Å². The van der Waals surface area contributed by atoms with E-state index in [2.05, 4.69) is 4.90 Å². The Kier molecular flexibility index (Phi) is 1.44. The zero-order valence-electron chi connectivity index (χ0n) is 6.27. The summed E-state index contributed by atoms with van der Waals surface area (Å²) in [5.74, 6) is 0. The Morgan fingerprint density at radius 1 is 1.00 bits per heavy atom. The lowest BCUT2D eigenvalue weighted by Gasteiger charge is -2.31. The largest absolute Gasteiger partial charge is 0.303 e. The third-order valence-electron chi connectivity index (χ3n) is 2.85. The number of rotatable bonds is 0. The number of alkyl halides is 1. The molecule has 3 aliphatic heterocycles. The molecule has 0 N–H and O–H groups in total. The van der Waals surface area contributed by atoms with Gasteiger partial charge in [0.15, 0.2) is 0 Å². The second kappa shape index (κ2) is 2.19. The first-order valence-corrected chi connectivity index (χ1v) is 4.20. The molecule has 0 spiro atoms. The van der Waals surface area contributed by atoms with Crippen molar-refractivity contribution >= 4 is 0 Å². The van der Waals surface area contributed by atoms with Crippen LogP contribution in [0.5, 0.6) is 0 Å². The molecular formula is C8H14FN. The van der Waals surface area contributed by atoms with Crippen LogP contribution in [-0.4, -0.2) is 30.2 Å². The molecule has 0 aromatic carbocycles. The second-order valence-corrected chi connectivity index (χ2v) is 3.60. The molecular weight excluding hydrogens is 129 g/mol. The van der Waals surface area contributed by atoms with Crippen molar-refractivity contribution in [3.63, 3.8) is 0 Å². The Morgan fingerprint density at radius 2 is 1.70 bits per heavy atom. The first kappa shape index (κ1) is 6.59. The molecule has 3 heterocycles. The maximum Gasteiger partial charge on any atom is 0.113 e. The highest BCUT2D eigenvalue weighted by Crippen LogP contribution is 2.34. The lowest BCUT2D eigenvalue weighted by molar-refractivity contribution is 0.0836. The summed E-state index contributed by atoms with van der Waals surface area (Å²) in [5, 5.41) is 0. The summed E-state index contributed by atoms with van der Waals surface area (Å²) in [6.07, 6.45) is 3.44. The Hall–Kier alpha value is -0.110. The molecule has 2 bridgehead atoms. The van der Waals surface area contributed by atoms with Crippen LogP contribution in [0.2, 0.25) is 0 Å². The predicted octanol–water partition coefficient (Wildman–Crippen LogP) is 1.58. The van der Waals surface area contributed by atoms with E-state index in [0.717, 1.165) is 45.3 Å². The molecule has 0 aliphatic carbocycles. The summed E-state index contributed by atoms with van der Waals surface area (Å²) in [7, 11) is 0. The zero-order valence-corrected chi connectivity index (χ0v) is 6.27. The maximum absolute atomic E-state index is 13.6. The van der Waals surface area contributed by atoms with Gasteiger partial charge in [0.25, 0.3) is 0 Å². The summed E-state index contributed by atoms with van der Waals surface area (Å²) >= 11 is 0. The van der Waals surface area contributed by atoms with E-state index in [1.807, 2.05) is 0 Å². The molecule has 58 valence electrons. The van der Waals surface area contributed by atoms with Crippen LogP contribution in [0.1, 0.15) is 25.7 Å². The van der Waals surface area contributed by atoms with Crippen LogP contribution >= 0.6 is 0 Å². The van der Waals surface area contributed by atoms with Crippen molar-refractivity contribution in [1.82, 2.24) is 4.90 Å². The molecule has 1 nitrogen and oxygen atoms in total. The minimum absolute atomic E-state index is 0.771. The average molecular weight is 143 g/mol. The van der Waals surface area contributed by atoms with Gasteiger partial charge in [0.05, 0.1) is 0 Å². The SMILES string of the molecule is FC12CCCN(CC1)CC2. The lowest BCUT2D eigenvalue weighted by atomic mass is 9.92. The van der Waals surface area contributed by atoms with Gasteiger partial charge in [0, 0.05) is 13.1 Å². The van der Waals surface area contributed by atoms with Crippen molar-refractivity contribution in [2.45, 2.75) is 31.4 Å². The van der Waals surface area contributed by atoms with E-state index in [1.165, 1.54) is 0 Å². The Balaban J connectivity index is 2.11. The van der Waals surface area contributed by atoms with Gasteiger partial charge in [0.2, 0.25) is 0 Å². The topological polar surface area (TPSA) is 3.24 Å². The van der Waals surface area contributed by atoms with Crippen LogP contribution in [0.3, 0.4) is 0 Å². The number of hydrogen-bond donors (Lipinski definition) is 0. The Morgan fingerprint density at radius 3 is 2.40 bits per heavy atom. The third kappa shape index (κ3) is 1.05. The summed E-state index contributed by atoms with van der Waals surface area (Å²) in [5.41, 5.74) is -0.771. The minimum Gasteiger partial charge on any atom is -0.303 e. The summed E-state index contributed by atoms with van der Waals surface area (Å²) in [6, 6.07) is 0. The van der Waals surface area contributed by atoms with E-state index in [-0.39, 0.29) is 0 Å². The summed E-state index contributed by atoms with van der Waals surface area (Å²) in [6.45, 7) is 3.12. The van der Waals surface area contributed by atoms with Crippen LogP contribution < -0.4 is 0 Å². The first-order valence-electron chi connectivity index (χ1n) is 4.20. The number of nitrogens with zero attached hydrogens (tertiary/aromatic N) is 1. The highest BCUT2D eigenvalue weighted by molar-refractivity contribution is 4.89. The van der Waals surface area contributed by atoms with Crippen molar-refractivity contribution in [3.05, 3.63) is 0 Å². The number of halogens is 1. The van der Waals surface area contributed by atoms with Crippen LogP contribution in [-0.2, 0) is 0 Å². The fraction of sp³-hybridized carbons (Fsp3) is 1.00. The monoisotopic (exact) mass is 143 g/mol. The molecule has 0 saturated carbocycles.